The van der Waals surface area contributed by atoms with Gasteiger partial charge in [0, 0.05) is 6.54 Å². The third-order valence-corrected chi connectivity index (χ3v) is 5.19. The maximum Gasteiger partial charge on any atom is 0.262 e. The lowest BCUT2D eigenvalue weighted by molar-refractivity contribution is 0.416. The van der Waals surface area contributed by atoms with Crippen LogP contribution in [0.1, 0.15) is 0 Å². The van der Waals surface area contributed by atoms with E-state index in [4.69, 9.17) is 28.6 Å². The Kier molecular flexibility index (Phi) is 6.84. The summed E-state index contributed by atoms with van der Waals surface area (Å²) >= 11 is 11.2. The molecule has 0 radical (unpaired) electrons. The first-order valence-electron chi connectivity index (χ1n) is 7.48. The second kappa shape index (κ2) is 8.88. The summed E-state index contributed by atoms with van der Waals surface area (Å²) in [4.78, 5) is 0.0345. The second-order valence-corrected chi connectivity index (χ2v) is 7.57. The zero-order valence-electron chi connectivity index (χ0n) is 14.0. The van der Waals surface area contributed by atoms with Gasteiger partial charge < -0.3 is 15.4 Å². The monoisotopic (exact) mass is 411 g/mol. The fourth-order valence-electron chi connectivity index (χ4n) is 2.03. The van der Waals surface area contributed by atoms with E-state index in [1.807, 2.05) is 0 Å². The number of para-hydroxylation sites is 1. The van der Waals surface area contributed by atoms with Gasteiger partial charge in [-0.3, -0.25) is 4.72 Å². The Balaban J connectivity index is 2.31. The molecule has 0 heterocycles. The topological polar surface area (TPSA) is 79.5 Å². The van der Waals surface area contributed by atoms with Crippen molar-refractivity contribution in [3.05, 3.63) is 60.1 Å². The van der Waals surface area contributed by atoms with Crippen LogP contribution >= 0.6 is 23.8 Å². The fraction of sp³-hybridized carbons (Fsp3) is 0.118. The van der Waals surface area contributed by atoms with E-state index in [1.165, 1.54) is 19.2 Å². The van der Waals surface area contributed by atoms with Crippen molar-refractivity contribution in [3.63, 3.8) is 0 Å². The number of hydrogen-bond acceptors (Lipinski definition) is 4. The molecular weight excluding hydrogens is 394 g/mol. The third kappa shape index (κ3) is 5.10. The smallest absolute Gasteiger partial charge is 0.262 e. The summed E-state index contributed by atoms with van der Waals surface area (Å²) in [6, 6.07) is 11.0. The van der Waals surface area contributed by atoms with Gasteiger partial charge in [-0.1, -0.05) is 29.8 Å². The van der Waals surface area contributed by atoms with Gasteiger partial charge in [-0.25, -0.2) is 8.42 Å². The van der Waals surface area contributed by atoms with Crippen LogP contribution in [0.5, 0.6) is 5.75 Å². The van der Waals surface area contributed by atoms with Gasteiger partial charge in [0.25, 0.3) is 10.0 Å². The molecule has 0 amide bonds. The molecule has 0 fully saturated rings. The molecule has 0 aliphatic rings. The summed E-state index contributed by atoms with van der Waals surface area (Å²) < 4.78 is 33.0. The van der Waals surface area contributed by atoms with Crippen LogP contribution in [0.3, 0.4) is 0 Å². The first-order chi connectivity index (χ1) is 12.4. The summed E-state index contributed by atoms with van der Waals surface area (Å²) in [6.45, 7) is 4.07. The Labute approximate surface area is 163 Å². The number of thiocarbonyl (C=S) groups is 1. The molecule has 9 heteroatoms. The molecule has 0 aromatic heterocycles. The predicted octanol–water partition coefficient (Wildman–Crippen LogP) is 3.62. The number of anilines is 2. The lowest BCUT2D eigenvalue weighted by atomic mass is 10.3. The molecule has 0 aliphatic carbocycles. The van der Waals surface area contributed by atoms with Crippen molar-refractivity contribution >= 4 is 50.3 Å². The fourth-order valence-corrected chi connectivity index (χ4v) is 3.57. The Morgan fingerprint density at radius 3 is 2.65 bits per heavy atom. The Morgan fingerprint density at radius 1 is 1.27 bits per heavy atom. The van der Waals surface area contributed by atoms with Crippen molar-refractivity contribution in [1.82, 2.24) is 5.32 Å². The van der Waals surface area contributed by atoms with Gasteiger partial charge in [0.1, 0.15) is 5.75 Å². The van der Waals surface area contributed by atoms with Crippen molar-refractivity contribution in [3.8, 4) is 5.75 Å². The summed E-state index contributed by atoms with van der Waals surface area (Å²) in [5.74, 6) is 0.449. The first kappa shape index (κ1) is 20.0. The van der Waals surface area contributed by atoms with E-state index in [2.05, 4.69) is 21.9 Å². The van der Waals surface area contributed by atoms with E-state index in [1.54, 1.807) is 36.4 Å². The quantitative estimate of drug-likeness (QED) is 0.477. The minimum Gasteiger partial charge on any atom is -0.495 e. The number of benzene rings is 2. The summed E-state index contributed by atoms with van der Waals surface area (Å²) in [6.07, 6.45) is 1.65. The lowest BCUT2D eigenvalue weighted by Crippen LogP contribution is -2.28. The van der Waals surface area contributed by atoms with E-state index in [0.29, 0.717) is 33.8 Å². The molecule has 2 rings (SSSR count). The second-order valence-electron chi connectivity index (χ2n) is 5.07. The zero-order chi connectivity index (χ0) is 19.2. The minimum atomic E-state index is -3.85. The zero-order valence-corrected chi connectivity index (χ0v) is 16.3. The largest absolute Gasteiger partial charge is 0.495 e. The molecule has 0 bridgehead atoms. The number of halogens is 1. The summed E-state index contributed by atoms with van der Waals surface area (Å²) in [5.41, 5.74) is 0.707. The molecule has 3 N–H and O–H groups in total. The molecule has 0 saturated carbocycles. The molecule has 138 valence electrons. The molecule has 2 aromatic carbocycles. The predicted molar refractivity (Wildman–Crippen MR) is 110 cm³/mol. The van der Waals surface area contributed by atoms with Crippen molar-refractivity contribution in [2.24, 2.45) is 0 Å². The first-order valence-corrected chi connectivity index (χ1v) is 9.75. The number of rotatable bonds is 7. The van der Waals surface area contributed by atoms with E-state index in [9.17, 15) is 8.42 Å². The molecule has 2 aromatic rings. The number of ether oxygens (including phenoxy) is 1. The number of sulfonamides is 1. The van der Waals surface area contributed by atoms with Crippen molar-refractivity contribution in [2.45, 2.75) is 4.90 Å². The Hall–Kier alpha value is -2.29. The Bertz CT molecular complexity index is 917. The maximum atomic E-state index is 12.7. The SMILES string of the molecule is C=CCNC(=S)Nc1cc(S(=O)(=O)Nc2ccccc2Cl)ccc1OC. The highest BCUT2D eigenvalue weighted by atomic mass is 35.5. The van der Waals surface area contributed by atoms with Crippen LogP contribution in [-0.4, -0.2) is 27.2 Å². The average molecular weight is 412 g/mol. The highest BCUT2D eigenvalue weighted by Gasteiger charge is 2.18. The van der Waals surface area contributed by atoms with Crippen molar-refractivity contribution in [1.29, 1.82) is 0 Å². The van der Waals surface area contributed by atoms with Gasteiger partial charge in [-0.05, 0) is 42.5 Å². The van der Waals surface area contributed by atoms with Crippen molar-refractivity contribution < 1.29 is 13.2 Å². The van der Waals surface area contributed by atoms with Crippen LogP contribution in [0.25, 0.3) is 0 Å². The van der Waals surface area contributed by atoms with Crippen LogP contribution in [0.2, 0.25) is 5.02 Å². The molecule has 6 nitrogen and oxygen atoms in total. The molecule has 0 spiro atoms. The van der Waals surface area contributed by atoms with Crippen LogP contribution in [0.15, 0.2) is 60.0 Å². The number of methoxy groups -OCH3 is 1. The molecule has 0 atom stereocenters. The molecular formula is C17H18ClN3O3S2. The normalized spacial score (nSPS) is 10.7. The standard InChI is InChI=1S/C17H18ClN3O3S2/c1-3-10-19-17(25)20-15-11-12(8-9-16(15)24-2)26(22,23)21-14-7-5-4-6-13(14)18/h3-9,11,21H,1,10H2,2H3,(H2,19,20,25). The number of hydrogen-bond donors (Lipinski definition) is 3. The van der Waals surface area contributed by atoms with E-state index < -0.39 is 10.0 Å². The third-order valence-electron chi connectivity index (χ3n) is 3.25. The van der Waals surface area contributed by atoms with Gasteiger partial charge in [0.15, 0.2) is 5.11 Å². The summed E-state index contributed by atoms with van der Waals surface area (Å²) in [7, 11) is -2.36. The van der Waals surface area contributed by atoms with E-state index >= 15 is 0 Å². The van der Waals surface area contributed by atoms with Crippen molar-refractivity contribution in [2.75, 3.05) is 23.7 Å². The van der Waals surface area contributed by atoms with Gasteiger partial charge >= 0.3 is 0 Å². The maximum absolute atomic E-state index is 12.7. The van der Waals surface area contributed by atoms with E-state index in [0.717, 1.165) is 0 Å². The molecule has 0 saturated heterocycles. The van der Waals surface area contributed by atoms with Crippen LogP contribution in [0, 0.1) is 0 Å². The molecule has 0 unspecified atom stereocenters. The lowest BCUT2D eigenvalue weighted by Gasteiger charge is -2.15. The summed E-state index contributed by atoms with van der Waals surface area (Å²) in [5, 5.41) is 6.44. The van der Waals surface area contributed by atoms with Crippen LogP contribution in [-0.2, 0) is 10.0 Å². The van der Waals surface area contributed by atoms with Gasteiger partial charge in [-0.15, -0.1) is 6.58 Å². The van der Waals surface area contributed by atoms with Gasteiger partial charge in [0.2, 0.25) is 0 Å². The van der Waals surface area contributed by atoms with Gasteiger partial charge in [-0.2, -0.15) is 0 Å². The highest BCUT2D eigenvalue weighted by Crippen LogP contribution is 2.29. The van der Waals surface area contributed by atoms with Gasteiger partial charge in [0.05, 0.1) is 28.4 Å². The van der Waals surface area contributed by atoms with Crippen LogP contribution < -0.4 is 20.1 Å². The Morgan fingerprint density at radius 2 is 2.00 bits per heavy atom. The average Bonchev–Trinajstić information content (AvgIpc) is 2.61. The van der Waals surface area contributed by atoms with Crippen LogP contribution in [0.4, 0.5) is 11.4 Å². The molecule has 26 heavy (non-hydrogen) atoms. The minimum absolute atomic E-state index is 0.0345. The highest BCUT2D eigenvalue weighted by molar-refractivity contribution is 7.92. The number of nitrogens with one attached hydrogen (secondary N) is 3. The van der Waals surface area contributed by atoms with E-state index in [-0.39, 0.29) is 4.90 Å². The molecule has 0 aliphatic heterocycles.